The lowest BCUT2D eigenvalue weighted by Crippen LogP contribution is -2.35. The molecular weight excluding hydrogens is 464 g/mol. The van der Waals surface area contributed by atoms with E-state index in [0.29, 0.717) is 37.3 Å². The van der Waals surface area contributed by atoms with Gasteiger partial charge in [-0.1, -0.05) is 23.7 Å². The quantitative estimate of drug-likeness (QED) is 0.313. The van der Waals surface area contributed by atoms with Crippen molar-refractivity contribution in [2.45, 2.75) is 57.1 Å². The van der Waals surface area contributed by atoms with Crippen LogP contribution in [0.15, 0.2) is 24.3 Å². The molecule has 1 aromatic carbocycles. The lowest BCUT2D eigenvalue weighted by molar-refractivity contribution is -0.151. The van der Waals surface area contributed by atoms with E-state index in [-0.39, 0.29) is 36.9 Å². The highest BCUT2D eigenvalue weighted by Crippen LogP contribution is 2.24. The number of hydrogen-bond donors (Lipinski definition) is 1. The van der Waals surface area contributed by atoms with Crippen molar-refractivity contribution in [3.8, 4) is 0 Å². The molecule has 1 saturated heterocycles. The second kappa shape index (κ2) is 14.5. The molecule has 9 heteroatoms. The van der Waals surface area contributed by atoms with Gasteiger partial charge in [-0.3, -0.25) is 14.4 Å². The molecule has 1 heterocycles. The van der Waals surface area contributed by atoms with Crippen molar-refractivity contribution < 1.29 is 24.2 Å². The summed E-state index contributed by atoms with van der Waals surface area (Å²) >= 11 is 7.72. The summed E-state index contributed by atoms with van der Waals surface area (Å²) in [6.07, 6.45) is 3.90. The zero-order chi connectivity index (χ0) is 24.2. The third-order valence-corrected chi connectivity index (χ3v) is 6.93. The lowest BCUT2D eigenvalue weighted by Gasteiger charge is -2.25. The molecule has 1 N–H and O–H groups in total. The van der Waals surface area contributed by atoms with Gasteiger partial charge in [-0.25, -0.2) is 0 Å². The Bertz CT molecular complexity index is 792. The number of likely N-dealkylation sites (N-methyl/N-ethyl adjacent to an activating group) is 1. The molecule has 1 aromatic rings. The Labute approximate surface area is 205 Å². The highest BCUT2D eigenvalue weighted by molar-refractivity contribution is 7.99. The van der Waals surface area contributed by atoms with Crippen molar-refractivity contribution >= 4 is 41.1 Å². The summed E-state index contributed by atoms with van der Waals surface area (Å²) in [4.78, 5) is 38.7. The maximum absolute atomic E-state index is 12.3. The van der Waals surface area contributed by atoms with E-state index in [0.717, 1.165) is 29.9 Å². The summed E-state index contributed by atoms with van der Waals surface area (Å²) < 4.78 is 4.95. The van der Waals surface area contributed by atoms with Crippen LogP contribution in [0.3, 0.4) is 0 Å². The van der Waals surface area contributed by atoms with Crippen LogP contribution in [0.25, 0.3) is 0 Å². The molecular formula is C24H35ClN2O5S. The Morgan fingerprint density at radius 3 is 2.85 bits per heavy atom. The number of rotatable bonds is 14. The second-order valence-electron chi connectivity index (χ2n) is 8.51. The van der Waals surface area contributed by atoms with E-state index in [1.165, 1.54) is 4.90 Å². The van der Waals surface area contributed by atoms with Gasteiger partial charge in [-0.2, -0.15) is 11.8 Å². The number of amides is 2. The van der Waals surface area contributed by atoms with Gasteiger partial charge in [-0.15, -0.1) is 0 Å². The summed E-state index contributed by atoms with van der Waals surface area (Å²) in [6.45, 7) is 0.464. The number of hydrogen-bond acceptors (Lipinski definition) is 6. The van der Waals surface area contributed by atoms with Gasteiger partial charge in [0, 0.05) is 50.3 Å². The number of aliphatic hydroxyl groups is 1. The van der Waals surface area contributed by atoms with E-state index in [9.17, 15) is 19.5 Å². The summed E-state index contributed by atoms with van der Waals surface area (Å²) in [5.74, 6) is 1.18. The number of aliphatic hydroxyl groups excluding tert-OH is 1. The van der Waals surface area contributed by atoms with E-state index >= 15 is 0 Å². The van der Waals surface area contributed by atoms with Crippen molar-refractivity contribution in [2.75, 3.05) is 38.8 Å². The third kappa shape index (κ3) is 10.4. The minimum Gasteiger partial charge on any atom is -0.456 e. The number of benzene rings is 1. The first-order valence-electron chi connectivity index (χ1n) is 11.4. The summed E-state index contributed by atoms with van der Waals surface area (Å²) in [5, 5.41) is 11.1. The lowest BCUT2D eigenvalue weighted by atomic mass is 10.0. The Hall–Kier alpha value is -1.77. The van der Waals surface area contributed by atoms with Gasteiger partial charge in [0.25, 0.3) is 5.91 Å². The van der Waals surface area contributed by atoms with Crippen LogP contribution in [0.4, 0.5) is 0 Å². The second-order valence-corrected chi connectivity index (χ2v) is 10.2. The maximum atomic E-state index is 12.3. The van der Waals surface area contributed by atoms with E-state index in [2.05, 4.69) is 0 Å². The number of thioether (sulfide) groups is 1. The van der Waals surface area contributed by atoms with Crippen LogP contribution in [-0.2, 0) is 25.5 Å². The molecule has 0 aromatic heterocycles. The minimum absolute atomic E-state index is 0.177. The fourth-order valence-corrected chi connectivity index (χ4v) is 4.84. The van der Waals surface area contributed by atoms with Crippen molar-refractivity contribution in [3.05, 3.63) is 34.9 Å². The first-order chi connectivity index (χ1) is 15.8. The normalized spacial score (nSPS) is 16.7. The van der Waals surface area contributed by atoms with Crippen LogP contribution in [-0.4, -0.2) is 83.6 Å². The molecule has 0 saturated carbocycles. The third-order valence-electron chi connectivity index (χ3n) is 5.65. The molecule has 0 unspecified atom stereocenters. The molecule has 1 fully saturated rings. The van der Waals surface area contributed by atoms with Gasteiger partial charge < -0.3 is 19.6 Å². The van der Waals surface area contributed by atoms with Gasteiger partial charge in [0.05, 0.1) is 6.10 Å². The van der Waals surface area contributed by atoms with Crippen molar-refractivity contribution in [2.24, 2.45) is 0 Å². The predicted octanol–water partition coefficient (Wildman–Crippen LogP) is 3.16. The van der Waals surface area contributed by atoms with Gasteiger partial charge >= 0.3 is 5.97 Å². The molecule has 2 rings (SSSR count). The van der Waals surface area contributed by atoms with Crippen LogP contribution >= 0.6 is 23.4 Å². The average molecular weight is 499 g/mol. The molecule has 33 heavy (non-hydrogen) atoms. The number of likely N-dealkylation sites (tertiary alicyclic amines) is 1. The molecule has 0 radical (unpaired) electrons. The largest absolute Gasteiger partial charge is 0.456 e. The Morgan fingerprint density at radius 1 is 1.33 bits per heavy atom. The number of carbonyl (C=O) groups excluding carboxylic acids is 3. The molecule has 0 spiro atoms. The van der Waals surface area contributed by atoms with Crippen molar-refractivity contribution in [3.63, 3.8) is 0 Å². The smallest absolute Gasteiger partial charge is 0.306 e. The van der Waals surface area contributed by atoms with Crippen LogP contribution in [0, 0.1) is 0 Å². The van der Waals surface area contributed by atoms with Crippen LogP contribution < -0.4 is 0 Å². The van der Waals surface area contributed by atoms with Crippen molar-refractivity contribution in [1.82, 2.24) is 9.80 Å². The Kier molecular flexibility index (Phi) is 12.1. The molecule has 1 aliphatic rings. The molecule has 2 atom stereocenters. The zero-order valence-electron chi connectivity index (χ0n) is 19.5. The van der Waals surface area contributed by atoms with E-state index in [1.807, 2.05) is 29.2 Å². The first kappa shape index (κ1) is 27.5. The highest BCUT2D eigenvalue weighted by atomic mass is 35.5. The Morgan fingerprint density at radius 2 is 2.12 bits per heavy atom. The van der Waals surface area contributed by atoms with Crippen LogP contribution in [0.5, 0.6) is 0 Å². The van der Waals surface area contributed by atoms with Crippen molar-refractivity contribution in [1.29, 1.82) is 0 Å². The standard InChI is InChI=1S/C24H35ClN2O5S/c1-26(2)23(30)17-32-24(31)7-4-13-33-14-12-27-20(9-11-22(27)29)8-10-21(28)16-18-5-3-6-19(25)15-18/h3,5-6,15,20-21,28H,4,7-14,16-17H2,1-2H3/t20-,21+/m0/s1. The summed E-state index contributed by atoms with van der Waals surface area (Å²) in [5.41, 5.74) is 1.01. The average Bonchev–Trinajstić information content (AvgIpc) is 3.12. The number of halogens is 1. The first-order valence-corrected chi connectivity index (χ1v) is 12.9. The molecule has 1 aliphatic heterocycles. The van der Waals surface area contributed by atoms with E-state index < -0.39 is 6.10 Å². The maximum Gasteiger partial charge on any atom is 0.306 e. The minimum atomic E-state index is -0.455. The summed E-state index contributed by atoms with van der Waals surface area (Å²) in [7, 11) is 3.23. The van der Waals surface area contributed by atoms with Crippen LogP contribution in [0.2, 0.25) is 5.02 Å². The Balaban J connectivity index is 1.60. The van der Waals surface area contributed by atoms with Gasteiger partial charge in [0.2, 0.25) is 5.91 Å². The number of esters is 1. The molecule has 2 amide bonds. The van der Waals surface area contributed by atoms with E-state index in [4.69, 9.17) is 16.3 Å². The molecule has 7 nitrogen and oxygen atoms in total. The fourth-order valence-electron chi connectivity index (χ4n) is 3.75. The molecule has 0 aliphatic carbocycles. The number of nitrogens with zero attached hydrogens (tertiary/aromatic N) is 2. The van der Waals surface area contributed by atoms with Gasteiger partial charge in [0.15, 0.2) is 6.61 Å². The molecule has 0 bridgehead atoms. The van der Waals surface area contributed by atoms with E-state index in [1.54, 1.807) is 25.9 Å². The monoisotopic (exact) mass is 498 g/mol. The summed E-state index contributed by atoms with van der Waals surface area (Å²) in [6, 6.07) is 7.71. The van der Waals surface area contributed by atoms with Gasteiger partial charge in [0.1, 0.15) is 0 Å². The number of ether oxygens (including phenoxy) is 1. The number of carbonyl (C=O) groups is 3. The highest BCUT2D eigenvalue weighted by Gasteiger charge is 2.30. The van der Waals surface area contributed by atoms with Gasteiger partial charge in [-0.05, 0) is 55.6 Å². The molecule has 184 valence electrons. The topological polar surface area (TPSA) is 87.2 Å². The predicted molar refractivity (Wildman–Crippen MR) is 131 cm³/mol. The van der Waals surface area contributed by atoms with Crippen LogP contribution in [0.1, 0.15) is 44.1 Å². The zero-order valence-corrected chi connectivity index (χ0v) is 21.1. The fraction of sp³-hybridized carbons (Fsp3) is 0.625. The SMILES string of the molecule is CN(C)C(=O)COC(=O)CCCSCCN1C(=O)CC[C@@H]1CC[C@@H](O)Cc1cccc(Cl)c1.